The van der Waals surface area contributed by atoms with Gasteiger partial charge in [0.05, 0.1) is 0 Å². The van der Waals surface area contributed by atoms with E-state index < -0.39 is 5.97 Å². The summed E-state index contributed by atoms with van der Waals surface area (Å²) < 4.78 is 0. The van der Waals surface area contributed by atoms with Crippen LogP contribution in [-0.4, -0.2) is 16.2 Å². The van der Waals surface area contributed by atoms with Crippen LogP contribution >= 0.6 is 0 Å². The Morgan fingerprint density at radius 2 is 2.00 bits per heavy atom. The summed E-state index contributed by atoms with van der Waals surface area (Å²) in [5.41, 5.74) is 2.55. The molecular weight excluding hydrogens is 300 g/mol. The summed E-state index contributed by atoms with van der Waals surface area (Å²) in [6, 6.07) is 5.12. The van der Waals surface area contributed by atoms with Crippen molar-refractivity contribution >= 4 is 18.1 Å². The Labute approximate surface area is 144 Å². The van der Waals surface area contributed by atoms with Gasteiger partial charge in [0.2, 0.25) is 0 Å². The monoisotopic (exact) mass is 326 g/mol. The van der Waals surface area contributed by atoms with Crippen LogP contribution in [0.3, 0.4) is 0 Å². The van der Waals surface area contributed by atoms with Crippen molar-refractivity contribution in [2.75, 3.05) is 0 Å². The fourth-order valence-electron chi connectivity index (χ4n) is 2.18. The number of allylic oxidation sites excluding steroid dienone is 4. The Balaban J connectivity index is 2.95. The van der Waals surface area contributed by atoms with Gasteiger partial charge in [-0.3, -0.25) is 0 Å². The molecule has 0 saturated carbocycles. The molecule has 1 aromatic rings. The van der Waals surface area contributed by atoms with Crippen molar-refractivity contribution in [3.63, 3.8) is 0 Å². The molecule has 0 fully saturated rings. The highest BCUT2D eigenvalue weighted by Gasteiger charge is 2.15. The zero-order valence-corrected chi connectivity index (χ0v) is 14.6. The molecule has 0 unspecified atom stereocenters. The number of phenols is 1. The second kappa shape index (κ2) is 8.92. The third-order valence-corrected chi connectivity index (χ3v) is 3.82. The first-order valence-corrected chi connectivity index (χ1v) is 7.96. The second-order valence-electron chi connectivity index (χ2n) is 6.35. The molecule has 0 spiro atoms. The van der Waals surface area contributed by atoms with Gasteiger partial charge in [0.1, 0.15) is 5.75 Å². The van der Waals surface area contributed by atoms with Crippen LogP contribution in [0.5, 0.6) is 5.75 Å². The summed E-state index contributed by atoms with van der Waals surface area (Å²) in [6.45, 7) is 10.2. The maximum atomic E-state index is 10.6. The zero-order chi connectivity index (χ0) is 18.2. The Morgan fingerprint density at radius 1 is 1.29 bits per heavy atom. The Morgan fingerprint density at radius 3 is 2.58 bits per heavy atom. The smallest absolute Gasteiger partial charge is 0.328 e. The third-order valence-electron chi connectivity index (χ3n) is 3.82. The molecule has 0 aromatic heterocycles. The summed E-state index contributed by atoms with van der Waals surface area (Å²) >= 11 is 0. The van der Waals surface area contributed by atoms with Crippen LogP contribution in [0.15, 0.2) is 54.7 Å². The zero-order valence-electron chi connectivity index (χ0n) is 14.6. The van der Waals surface area contributed by atoms with Crippen LogP contribution < -0.4 is 0 Å². The van der Waals surface area contributed by atoms with Gasteiger partial charge in [-0.1, -0.05) is 42.9 Å². The van der Waals surface area contributed by atoms with E-state index in [2.05, 4.69) is 39.5 Å². The summed E-state index contributed by atoms with van der Waals surface area (Å²) in [4.78, 5) is 10.6. The van der Waals surface area contributed by atoms with Crippen molar-refractivity contribution in [1.82, 2.24) is 0 Å². The summed E-state index contributed by atoms with van der Waals surface area (Å²) in [5, 5.41) is 18.5. The first kappa shape index (κ1) is 19.5. The van der Waals surface area contributed by atoms with Crippen molar-refractivity contribution in [1.29, 1.82) is 0 Å². The van der Waals surface area contributed by atoms with Crippen molar-refractivity contribution < 1.29 is 15.0 Å². The molecule has 2 N–H and O–H groups in total. The molecule has 3 heteroatoms. The molecule has 128 valence electrons. The largest absolute Gasteiger partial charge is 0.507 e. The van der Waals surface area contributed by atoms with Crippen LogP contribution in [0.1, 0.15) is 44.7 Å². The van der Waals surface area contributed by atoms with Crippen molar-refractivity contribution in [3.05, 3.63) is 65.8 Å². The molecule has 0 heterocycles. The molecule has 0 aliphatic heterocycles. The SMILES string of the molecule is C=C[C@@](C)(/C=C/c1ccc(O)c(/C=C/C(=O)O)c1)CCC=C(C)C. The number of carboxylic acid groups (broad SMARTS) is 1. The lowest BCUT2D eigenvalue weighted by Crippen LogP contribution is -2.08. The van der Waals surface area contributed by atoms with E-state index in [1.165, 1.54) is 11.6 Å². The van der Waals surface area contributed by atoms with E-state index >= 15 is 0 Å². The molecule has 0 amide bonds. The maximum absolute atomic E-state index is 10.6. The molecule has 1 aromatic carbocycles. The van der Waals surface area contributed by atoms with Crippen LogP contribution in [-0.2, 0) is 4.79 Å². The number of benzene rings is 1. The van der Waals surface area contributed by atoms with Gasteiger partial charge in [0, 0.05) is 17.1 Å². The third kappa shape index (κ3) is 6.69. The van der Waals surface area contributed by atoms with Gasteiger partial charge in [-0.05, 0) is 50.5 Å². The van der Waals surface area contributed by atoms with E-state index in [4.69, 9.17) is 5.11 Å². The van der Waals surface area contributed by atoms with Crippen molar-refractivity contribution in [2.24, 2.45) is 5.41 Å². The first-order valence-electron chi connectivity index (χ1n) is 7.96. The standard InChI is InChI=1S/C21H26O3/c1-5-21(4,13-6-7-16(2)3)14-12-17-8-10-19(22)18(15-17)9-11-20(23)24/h5,7-12,14-15,22H,1,6,13H2,2-4H3,(H,23,24)/b11-9+,14-12+/t21-/m1/s1. The Bertz CT molecular complexity index is 676. The Hall–Kier alpha value is -2.55. The lowest BCUT2D eigenvalue weighted by atomic mass is 9.84. The number of rotatable bonds is 8. The van der Waals surface area contributed by atoms with Gasteiger partial charge in [-0.2, -0.15) is 0 Å². The van der Waals surface area contributed by atoms with Gasteiger partial charge in [0.25, 0.3) is 0 Å². The Kier molecular flexibility index (Phi) is 7.25. The number of carbonyl (C=O) groups is 1. The molecule has 0 saturated heterocycles. The summed E-state index contributed by atoms with van der Waals surface area (Å²) in [5.74, 6) is -0.992. The van der Waals surface area contributed by atoms with Crippen LogP contribution in [0.2, 0.25) is 0 Å². The number of aliphatic carboxylic acids is 1. The highest BCUT2D eigenvalue weighted by Crippen LogP contribution is 2.29. The number of aromatic hydroxyl groups is 1. The average molecular weight is 326 g/mol. The number of carboxylic acids is 1. The molecule has 24 heavy (non-hydrogen) atoms. The molecule has 0 radical (unpaired) electrons. The molecular formula is C21H26O3. The predicted octanol–water partition coefficient (Wildman–Crippen LogP) is 5.44. The van der Waals surface area contributed by atoms with Crippen LogP contribution in [0.4, 0.5) is 0 Å². The van der Waals surface area contributed by atoms with Gasteiger partial charge in [0.15, 0.2) is 0 Å². The van der Waals surface area contributed by atoms with E-state index in [1.54, 1.807) is 18.2 Å². The highest BCUT2D eigenvalue weighted by atomic mass is 16.4. The van der Waals surface area contributed by atoms with Gasteiger partial charge in [-0.25, -0.2) is 4.79 Å². The first-order chi connectivity index (χ1) is 11.3. The minimum atomic E-state index is -1.05. The minimum absolute atomic E-state index is 0.0553. The lowest BCUT2D eigenvalue weighted by Gasteiger charge is -2.20. The number of phenolic OH excluding ortho intramolecular Hbond substituents is 1. The average Bonchev–Trinajstić information content (AvgIpc) is 2.52. The van der Waals surface area contributed by atoms with Gasteiger partial charge in [-0.15, -0.1) is 6.58 Å². The molecule has 0 bridgehead atoms. The molecule has 1 atom stereocenters. The van der Waals surface area contributed by atoms with E-state index in [-0.39, 0.29) is 11.2 Å². The molecule has 3 nitrogen and oxygen atoms in total. The van der Waals surface area contributed by atoms with Gasteiger partial charge < -0.3 is 10.2 Å². The van der Waals surface area contributed by atoms with Gasteiger partial charge >= 0.3 is 5.97 Å². The predicted molar refractivity (Wildman–Crippen MR) is 101 cm³/mol. The topological polar surface area (TPSA) is 57.5 Å². The van der Waals surface area contributed by atoms with Crippen molar-refractivity contribution in [2.45, 2.75) is 33.6 Å². The fourth-order valence-corrected chi connectivity index (χ4v) is 2.18. The molecule has 0 aliphatic rings. The maximum Gasteiger partial charge on any atom is 0.328 e. The van der Waals surface area contributed by atoms with Crippen LogP contribution in [0, 0.1) is 5.41 Å². The fraction of sp³-hybridized carbons (Fsp3) is 0.286. The quantitative estimate of drug-likeness (QED) is 0.494. The lowest BCUT2D eigenvalue weighted by molar-refractivity contribution is -0.131. The second-order valence-corrected chi connectivity index (χ2v) is 6.35. The van der Waals surface area contributed by atoms with Crippen molar-refractivity contribution in [3.8, 4) is 5.75 Å². The number of hydrogen-bond acceptors (Lipinski definition) is 2. The van der Waals surface area contributed by atoms with E-state index in [0.29, 0.717) is 5.56 Å². The van der Waals surface area contributed by atoms with E-state index in [0.717, 1.165) is 24.5 Å². The summed E-state index contributed by atoms with van der Waals surface area (Å²) in [6.07, 6.45) is 12.6. The van der Waals surface area contributed by atoms with E-state index in [9.17, 15) is 9.90 Å². The minimum Gasteiger partial charge on any atom is -0.507 e. The highest BCUT2D eigenvalue weighted by molar-refractivity contribution is 5.86. The molecule has 0 aliphatic carbocycles. The molecule has 1 rings (SSSR count). The number of hydrogen-bond donors (Lipinski definition) is 2. The van der Waals surface area contributed by atoms with Crippen LogP contribution in [0.25, 0.3) is 12.2 Å². The van der Waals surface area contributed by atoms with E-state index in [1.807, 2.05) is 12.2 Å². The summed E-state index contributed by atoms with van der Waals surface area (Å²) in [7, 11) is 0. The normalized spacial score (nSPS) is 13.8.